The van der Waals surface area contributed by atoms with Crippen molar-refractivity contribution in [1.82, 2.24) is 9.38 Å². The smallest absolute Gasteiger partial charge is 0.163 e. The van der Waals surface area contributed by atoms with E-state index >= 15 is 0 Å². The number of nitrogens with zero attached hydrogens (tertiary/aromatic N) is 2. The van der Waals surface area contributed by atoms with Crippen molar-refractivity contribution in [2.75, 3.05) is 5.73 Å². The predicted octanol–water partition coefficient (Wildman–Crippen LogP) is 1.06. The summed E-state index contributed by atoms with van der Waals surface area (Å²) in [6.45, 7) is 0. The van der Waals surface area contributed by atoms with E-state index in [1.54, 1.807) is 12.3 Å². The van der Waals surface area contributed by atoms with E-state index in [-0.39, 0.29) is 5.82 Å². The fourth-order valence-corrected chi connectivity index (χ4v) is 0.989. The Bertz CT molecular complexity index is 393. The van der Waals surface area contributed by atoms with Crippen molar-refractivity contribution in [3.05, 3.63) is 30.5 Å². The Hall–Kier alpha value is -1.58. The van der Waals surface area contributed by atoms with Crippen LogP contribution in [-0.4, -0.2) is 9.38 Å². The molecule has 0 radical (unpaired) electrons. The zero-order chi connectivity index (χ0) is 7.84. The van der Waals surface area contributed by atoms with Crippen LogP contribution in [0, 0.1) is 5.82 Å². The molecule has 0 atom stereocenters. The highest BCUT2D eigenvalue weighted by atomic mass is 19.1. The molecule has 2 rings (SSSR count). The van der Waals surface area contributed by atoms with Gasteiger partial charge in [0.25, 0.3) is 0 Å². The van der Waals surface area contributed by atoms with Crippen LogP contribution in [-0.2, 0) is 0 Å². The van der Waals surface area contributed by atoms with E-state index in [0.29, 0.717) is 0 Å². The van der Waals surface area contributed by atoms with Crippen LogP contribution in [0.25, 0.3) is 5.52 Å². The lowest BCUT2D eigenvalue weighted by molar-refractivity contribution is 0.625. The maximum atomic E-state index is 12.8. The number of aromatic nitrogens is 2. The average molecular weight is 151 g/mol. The number of anilines is 1. The van der Waals surface area contributed by atoms with Gasteiger partial charge in [-0.2, -0.15) is 0 Å². The fraction of sp³-hybridized carbons (Fsp3) is 0. The van der Waals surface area contributed by atoms with Crippen molar-refractivity contribution in [2.45, 2.75) is 0 Å². The molecule has 0 saturated heterocycles. The zero-order valence-corrected chi connectivity index (χ0v) is 5.66. The first-order valence-corrected chi connectivity index (χ1v) is 3.15. The van der Waals surface area contributed by atoms with Crippen LogP contribution in [0.5, 0.6) is 0 Å². The molecule has 2 aromatic rings. The molecular weight excluding hydrogens is 145 g/mol. The number of halogens is 1. The van der Waals surface area contributed by atoms with Crippen molar-refractivity contribution >= 4 is 11.3 Å². The Kier molecular flexibility index (Phi) is 1.09. The van der Waals surface area contributed by atoms with Crippen LogP contribution in [0.3, 0.4) is 0 Å². The van der Waals surface area contributed by atoms with Crippen molar-refractivity contribution in [3.63, 3.8) is 0 Å². The van der Waals surface area contributed by atoms with E-state index < -0.39 is 5.82 Å². The maximum Gasteiger partial charge on any atom is 0.163 e. The van der Waals surface area contributed by atoms with Crippen LogP contribution in [0.2, 0.25) is 0 Å². The summed E-state index contributed by atoms with van der Waals surface area (Å²) in [7, 11) is 0. The molecule has 2 heterocycles. The molecule has 2 N–H and O–H groups in total. The molecule has 0 fully saturated rings. The SMILES string of the molecule is Nc1c(F)ccc2cncn12. The highest BCUT2D eigenvalue weighted by Crippen LogP contribution is 2.12. The molecule has 0 bridgehead atoms. The molecule has 0 unspecified atom stereocenters. The van der Waals surface area contributed by atoms with Gasteiger partial charge in [-0.15, -0.1) is 0 Å². The molecule has 2 aromatic heterocycles. The summed E-state index contributed by atoms with van der Waals surface area (Å²) in [6, 6.07) is 2.95. The zero-order valence-electron chi connectivity index (χ0n) is 5.66. The quantitative estimate of drug-likeness (QED) is 0.611. The van der Waals surface area contributed by atoms with Crippen LogP contribution in [0.4, 0.5) is 10.2 Å². The molecule has 3 nitrogen and oxygen atoms in total. The van der Waals surface area contributed by atoms with Crippen LogP contribution in [0.1, 0.15) is 0 Å². The largest absolute Gasteiger partial charge is 0.382 e. The lowest BCUT2D eigenvalue weighted by Gasteiger charge is -1.98. The van der Waals surface area contributed by atoms with Gasteiger partial charge in [0.15, 0.2) is 5.82 Å². The molecule has 0 aromatic carbocycles. The van der Waals surface area contributed by atoms with E-state index in [0.717, 1.165) is 5.52 Å². The van der Waals surface area contributed by atoms with Gasteiger partial charge in [-0.05, 0) is 12.1 Å². The maximum absolute atomic E-state index is 12.8. The van der Waals surface area contributed by atoms with E-state index in [2.05, 4.69) is 4.98 Å². The molecule has 11 heavy (non-hydrogen) atoms. The number of nitrogens with two attached hydrogens (primary N) is 1. The van der Waals surface area contributed by atoms with E-state index in [1.165, 1.54) is 16.8 Å². The number of fused-ring (bicyclic) bond motifs is 1. The lowest BCUT2D eigenvalue weighted by Crippen LogP contribution is -1.98. The molecular formula is C7H6FN3. The molecule has 4 heteroatoms. The molecule has 0 aliphatic carbocycles. The highest BCUT2D eigenvalue weighted by molar-refractivity contribution is 5.52. The molecule has 0 spiro atoms. The van der Waals surface area contributed by atoms with Gasteiger partial charge in [0.2, 0.25) is 0 Å². The Labute approximate surface area is 62.3 Å². The first kappa shape index (κ1) is 6.15. The second-order valence-corrected chi connectivity index (χ2v) is 2.26. The number of imidazole rings is 1. The van der Waals surface area contributed by atoms with Crippen LogP contribution < -0.4 is 5.73 Å². The Balaban J connectivity index is 2.93. The second kappa shape index (κ2) is 1.95. The predicted molar refractivity (Wildman–Crippen MR) is 39.6 cm³/mol. The van der Waals surface area contributed by atoms with Gasteiger partial charge in [-0.1, -0.05) is 0 Å². The van der Waals surface area contributed by atoms with Crippen molar-refractivity contribution in [2.24, 2.45) is 0 Å². The topological polar surface area (TPSA) is 43.3 Å². The minimum Gasteiger partial charge on any atom is -0.382 e. The molecule has 56 valence electrons. The third kappa shape index (κ3) is 0.756. The van der Waals surface area contributed by atoms with Crippen molar-refractivity contribution in [1.29, 1.82) is 0 Å². The molecule has 0 aliphatic rings. The molecule has 0 saturated carbocycles. The average Bonchev–Trinajstić information content (AvgIpc) is 2.45. The van der Waals surface area contributed by atoms with Gasteiger partial charge in [0.1, 0.15) is 12.1 Å². The Morgan fingerprint density at radius 2 is 2.27 bits per heavy atom. The highest BCUT2D eigenvalue weighted by Gasteiger charge is 2.01. The van der Waals surface area contributed by atoms with Gasteiger partial charge < -0.3 is 5.73 Å². The third-order valence-corrected chi connectivity index (χ3v) is 1.57. The minimum atomic E-state index is -0.421. The van der Waals surface area contributed by atoms with Crippen molar-refractivity contribution < 1.29 is 4.39 Å². The van der Waals surface area contributed by atoms with Gasteiger partial charge in [-0.3, -0.25) is 4.40 Å². The number of hydrogen-bond acceptors (Lipinski definition) is 2. The first-order chi connectivity index (χ1) is 5.29. The van der Waals surface area contributed by atoms with Gasteiger partial charge in [0.05, 0.1) is 11.7 Å². The number of hydrogen-bond donors (Lipinski definition) is 1. The minimum absolute atomic E-state index is 0.0972. The first-order valence-electron chi connectivity index (χ1n) is 3.15. The Morgan fingerprint density at radius 1 is 1.45 bits per heavy atom. The normalized spacial score (nSPS) is 10.6. The van der Waals surface area contributed by atoms with Crippen LogP contribution in [0.15, 0.2) is 24.7 Å². The number of nitrogen functional groups attached to an aromatic ring is 1. The fourth-order valence-electron chi connectivity index (χ4n) is 0.989. The Morgan fingerprint density at radius 3 is 3.09 bits per heavy atom. The molecule has 0 amide bonds. The standard InChI is InChI=1S/C7H6FN3/c8-6-2-1-5-3-10-4-11(5)7(6)9/h1-4H,9H2. The van der Waals surface area contributed by atoms with E-state index in [9.17, 15) is 4.39 Å². The van der Waals surface area contributed by atoms with Gasteiger partial charge in [0, 0.05) is 0 Å². The number of pyridine rings is 1. The summed E-state index contributed by atoms with van der Waals surface area (Å²) < 4.78 is 14.2. The molecule has 0 aliphatic heterocycles. The van der Waals surface area contributed by atoms with Crippen molar-refractivity contribution in [3.8, 4) is 0 Å². The second-order valence-electron chi connectivity index (χ2n) is 2.26. The van der Waals surface area contributed by atoms with Gasteiger partial charge >= 0.3 is 0 Å². The summed E-state index contributed by atoms with van der Waals surface area (Å²) >= 11 is 0. The summed E-state index contributed by atoms with van der Waals surface area (Å²) in [4.78, 5) is 3.82. The summed E-state index contributed by atoms with van der Waals surface area (Å²) in [5.74, 6) is -0.324. The third-order valence-electron chi connectivity index (χ3n) is 1.57. The summed E-state index contributed by atoms with van der Waals surface area (Å²) in [6.07, 6.45) is 3.10. The van der Waals surface area contributed by atoms with Gasteiger partial charge in [-0.25, -0.2) is 9.37 Å². The lowest BCUT2D eigenvalue weighted by atomic mass is 10.4. The van der Waals surface area contributed by atoms with E-state index in [1.807, 2.05) is 0 Å². The van der Waals surface area contributed by atoms with E-state index in [4.69, 9.17) is 5.73 Å². The summed E-state index contributed by atoms with van der Waals surface area (Å²) in [5, 5.41) is 0. The number of rotatable bonds is 0. The van der Waals surface area contributed by atoms with Crippen LogP contribution >= 0.6 is 0 Å². The monoisotopic (exact) mass is 151 g/mol. The summed E-state index contributed by atoms with van der Waals surface area (Å²) in [5.41, 5.74) is 6.21.